The molecule has 0 spiro atoms. The van der Waals surface area contributed by atoms with Crippen molar-refractivity contribution < 1.29 is 19.1 Å². The number of amides is 1. The van der Waals surface area contributed by atoms with Crippen molar-refractivity contribution in [1.29, 1.82) is 0 Å². The molecule has 0 aliphatic heterocycles. The number of rotatable bonds is 7. The lowest BCUT2D eigenvalue weighted by Crippen LogP contribution is -2.39. The van der Waals surface area contributed by atoms with Crippen LogP contribution in [0, 0.1) is 5.92 Å². The number of hydrogen-bond acceptors (Lipinski definition) is 5. The van der Waals surface area contributed by atoms with Crippen LogP contribution in [0.4, 0.5) is 0 Å². The van der Waals surface area contributed by atoms with E-state index in [0.717, 1.165) is 33.8 Å². The normalized spacial score (nSPS) is 18.2. The average molecular weight is 514 g/mol. The molecule has 4 rings (SSSR count). The van der Waals surface area contributed by atoms with Crippen LogP contribution in [-0.4, -0.2) is 41.2 Å². The van der Waals surface area contributed by atoms with Crippen LogP contribution in [0.1, 0.15) is 48.5 Å². The van der Waals surface area contributed by atoms with Gasteiger partial charge in [-0.2, -0.15) is 0 Å². The molecule has 0 saturated heterocycles. The number of hydrogen-bond donors (Lipinski definition) is 1. The molecule has 0 atom stereocenters. The monoisotopic (exact) mass is 513 g/mol. The molecular formula is C25H28BrN3O4. The van der Waals surface area contributed by atoms with Gasteiger partial charge in [0, 0.05) is 29.5 Å². The van der Waals surface area contributed by atoms with Crippen LogP contribution in [0.2, 0.25) is 0 Å². The third kappa shape index (κ3) is 5.21. The smallest absolute Gasteiger partial charge is 0.308 e. The largest absolute Gasteiger partial charge is 0.477 e. The highest BCUT2D eigenvalue weighted by Crippen LogP contribution is 2.30. The molecular weight excluding hydrogens is 486 g/mol. The fraction of sp³-hybridized carbons (Fsp3) is 0.400. The molecule has 33 heavy (non-hydrogen) atoms. The van der Waals surface area contributed by atoms with E-state index in [1.807, 2.05) is 31.3 Å². The summed E-state index contributed by atoms with van der Waals surface area (Å²) < 4.78 is 13.7. The molecule has 0 radical (unpaired) electrons. The van der Waals surface area contributed by atoms with Gasteiger partial charge >= 0.3 is 5.97 Å². The van der Waals surface area contributed by atoms with Gasteiger partial charge in [0.1, 0.15) is 0 Å². The molecule has 1 N–H and O–H groups in total. The Morgan fingerprint density at radius 1 is 1.15 bits per heavy atom. The highest BCUT2D eigenvalue weighted by Gasteiger charge is 2.28. The number of carbonyl (C=O) groups is 2. The van der Waals surface area contributed by atoms with Gasteiger partial charge in [0.2, 0.25) is 5.88 Å². The number of benzene rings is 1. The third-order valence-electron chi connectivity index (χ3n) is 6.15. The van der Waals surface area contributed by atoms with E-state index < -0.39 is 0 Å². The Kier molecular flexibility index (Phi) is 7.33. The number of carbonyl (C=O) groups excluding carboxylic acids is 2. The standard InChI is InChI=1S/C25H28BrN3O4/c1-3-33-24-20-12-13-29(15-16-4-8-18(26)9-5-16)22(20)21(14-27-24)23(30)28-19-10-6-17(7-11-19)25(31)32-2/h4-5,8-9,12-14,17,19H,3,6-7,10-11,15H2,1-2H3,(H,28,30). The van der Waals surface area contributed by atoms with E-state index >= 15 is 0 Å². The van der Waals surface area contributed by atoms with Crippen LogP contribution in [0.25, 0.3) is 10.9 Å². The molecule has 174 valence electrons. The summed E-state index contributed by atoms with van der Waals surface area (Å²) in [7, 11) is 1.42. The van der Waals surface area contributed by atoms with Crippen molar-refractivity contribution in [3.8, 4) is 5.88 Å². The van der Waals surface area contributed by atoms with Gasteiger partial charge in [-0.3, -0.25) is 9.59 Å². The Labute approximate surface area is 201 Å². The number of halogens is 1. The highest BCUT2D eigenvalue weighted by atomic mass is 79.9. The van der Waals surface area contributed by atoms with E-state index in [-0.39, 0.29) is 23.8 Å². The first kappa shape index (κ1) is 23.3. The Bertz CT molecular complexity index is 1130. The van der Waals surface area contributed by atoms with Crippen LogP contribution < -0.4 is 10.1 Å². The predicted molar refractivity (Wildman–Crippen MR) is 129 cm³/mol. The van der Waals surface area contributed by atoms with Gasteiger partial charge < -0.3 is 19.4 Å². The zero-order valence-electron chi connectivity index (χ0n) is 18.8. The van der Waals surface area contributed by atoms with E-state index in [1.165, 1.54) is 7.11 Å². The van der Waals surface area contributed by atoms with E-state index in [2.05, 4.69) is 42.9 Å². The topological polar surface area (TPSA) is 82.4 Å². The van der Waals surface area contributed by atoms with E-state index in [0.29, 0.717) is 37.4 Å². The molecule has 2 heterocycles. The minimum atomic E-state index is -0.164. The average Bonchev–Trinajstić information content (AvgIpc) is 3.25. The van der Waals surface area contributed by atoms with Gasteiger partial charge in [0.05, 0.1) is 36.1 Å². The van der Waals surface area contributed by atoms with Gasteiger partial charge in [-0.15, -0.1) is 0 Å². The van der Waals surface area contributed by atoms with Crippen molar-refractivity contribution in [2.45, 2.75) is 45.2 Å². The van der Waals surface area contributed by atoms with Crippen LogP contribution in [0.3, 0.4) is 0 Å². The van der Waals surface area contributed by atoms with E-state index in [9.17, 15) is 9.59 Å². The molecule has 8 heteroatoms. The molecule has 1 amide bonds. The molecule has 3 aromatic rings. The summed E-state index contributed by atoms with van der Waals surface area (Å²) in [4.78, 5) is 29.5. The molecule has 1 saturated carbocycles. The minimum absolute atomic E-state index is 0.0231. The summed E-state index contributed by atoms with van der Waals surface area (Å²) in [6, 6.07) is 10.1. The molecule has 1 aliphatic rings. The molecule has 1 aromatic carbocycles. The lowest BCUT2D eigenvalue weighted by atomic mass is 9.86. The van der Waals surface area contributed by atoms with E-state index in [4.69, 9.17) is 9.47 Å². The first-order valence-electron chi connectivity index (χ1n) is 11.2. The Balaban J connectivity index is 1.59. The fourth-order valence-electron chi connectivity index (χ4n) is 4.44. The van der Waals surface area contributed by atoms with Crippen LogP contribution in [0.15, 0.2) is 47.2 Å². The number of nitrogens with zero attached hydrogens (tertiary/aromatic N) is 2. The number of aromatic nitrogens is 2. The Morgan fingerprint density at radius 3 is 2.55 bits per heavy atom. The second-order valence-electron chi connectivity index (χ2n) is 8.29. The molecule has 1 fully saturated rings. The van der Waals surface area contributed by atoms with Crippen molar-refractivity contribution >= 4 is 38.7 Å². The lowest BCUT2D eigenvalue weighted by molar-refractivity contribution is -0.146. The molecule has 0 bridgehead atoms. The van der Waals surface area contributed by atoms with Gasteiger partial charge in [-0.25, -0.2) is 4.98 Å². The maximum absolute atomic E-state index is 13.3. The van der Waals surface area contributed by atoms with Crippen LogP contribution in [0.5, 0.6) is 5.88 Å². The number of esters is 1. The van der Waals surface area contributed by atoms with Crippen molar-refractivity contribution in [3.05, 3.63) is 58.3 Å². The second-order valence-corrected chi connectivity index (χ2v) is 9.20. The lowest BCUT2D eigenvalue weighted by Gasteiger charge is -2.27. The highest BCUT2D eigenvalue weighted by molar-refractivity contribution is 9.10. The van der Waals surface area contributed by atoms with Gasteiger partial charge in [0.25, 0.3) is 5.91 Å². The number of methoxy groups -OCH3 is 1. The summed E-state index contributed by atoms with van der Waals surface area (Å²) >= 11 is 3.47. The third-order valence-corrected chi connectivity index (χ3v) is 6.68. The summed E-state index contributed by atoms with van der Waals surface area (Å²) in [5.74, 6) is 0.123. The van der Waals surface area contributed by atoms with Gasteiger partial charge in [-0.1, -0.05) is 28.1 Å². The predicted octanol–water partition coefficient (Wildman–Crippen LogP) is 4.71. The first-order valence-corrected chi connectivity index (χ1v) is 12.0. The minimum Gasteiger partial charge on any atom is -0.477 e. The van der Waals surface area contributed by atoms with Crippen molar-refractivity contribution in [2.24, 2.45) is 5.92 Å². The SMILES string of the molecule is CCOc1ncc(C(=O)NC2CCC(C(=O)OC)CC2)c2c1ccn2Cc1ccc(Br)cc1. The number of fused-ring (bicyclic) bond motifs is 1. The van der Waals surface area contributed by atoms with E-state index in [1.54, 1.807) is 6.20 Å². The van der Waals surface area contributed by atoms with Gasteiger partial charge in [-0.05, 0) is 56.4 Å². The summed E-state index contributed by atoms with van der Waals surface area (Å²) in [5, 5.41) is 3.97. The number of ether oxygens (including phenoxy) is 2. The Morgan fingerprint density at radius 2 is 1.88 bits per heavy atom. The van der Waals surface area contributed by atoms with Crippen LogP contribution in [-0.2, 0) is 16.1 Å². The quantitative estimate of drug-likeness (QED) is 0.462. The molecule has 0 unspecified atom stereocenters. The van der Waals surface area contributed by atoms with Gasteiger partial charge in [0.15, 0.2) is 0 Å². The molecule has 2 aromatic heterocycles. The molecule has 1 aliphatic carbocycles. The zero-order valence-corrected chi connectivity index (χ0v) is 20.4. The fourth-order valence-corrected chi connectivity index (χ4v) is 4.70. The maximum atomic E-state index is 13.3. The molecule has 7 nitrogen and oxygen atoms in total. The summed E-state index contributed by atoms with van der Waals surface area (Å²) in [6.45, 7) is 3.03. The Hall–Kier alpha value is -2.87. The van der Waals surface area contributed by atoms with Crippen molar-refractivity contribution in [2.75, 3.05) is 13.7 Å². The zero-order chi connectivity index (χ0) is 23.4. The second kappa shape index (κ2) is 10.4. The van der Waals surface area contributed by atoms with Crippen molar-refractivity contribution in [3.63, 3.8) is 0 Å². The first-order chi connectivity index (χ1) is 16.0. The summed E-state index contributed by atoms with van der Waals surface area (Å²) in [6.07, 6.45) is 6.50. The number of pyridine rings is 1. The summed E-state index contributed by atoms with van der Waals surface area (Å²) in [5.41, 5.74) is 2.45. The van der Waals surface area contributed by atoms with Crippen molar-refractivity contribution in [1.82, 2.24) is 14.9 Å². The van der Waals surface area contributed by atoms with Crippen LogP contribution >= 0.6 is 15.9 Å². The number of nitrogens with one attached hydrogen (secondary N) is 1. The maximum Gasteiger partial charge on any atom is 0.308 e.